The Kier molecular flexibility index (Phi) is 4.08. The Morgan fingerprint density at radius 3 is 2.24 bits per heavy atom. The molecule has 0 heterocycles. The lowest BCUT2D eigenvalue weighted by Crippen LogP contribution is -2.47. The molecular formula is C14H25NO2. The maximum atomic E-state index is 11.7. The van der Waals surface area contributed by atoms with E-state index in [2.05, 4.69) is 19.2 Å². The van der Waals surface area contributed by atoms with Crippen LogP contribution in [0.1, 0.15) is 46.0 Å². The van der Waals surface area contributed by atoms with Gasteiger partial charge in [0.1, 0.15) is 6.04 Å². The van der Waals surface area contributed by atoms with Gasteiger partial charge >= 0.3 is 5.97 Å². The van der Waals surface area contributed by atoms with Gasteiger partial charge in [0.05, 0.1) is 7.11 Å². The van der Waals surface area contributed by atoms with E-state index in [4.69, 9.17) is 4.74 Å². The van der Waals surface area contributed by atoms with Crippen molar-refractivity contribution < 1.29 is 9.53 Å². The molecule has 3 unspecified atom stereocenters. The van der Waals surface area contributed by atoms with Crippen LogP contribution in [0.2, 0.25) is 0 Å². The van der Waals surface area contributed by atoms with E-state index in [1.165, 1.54) is 39.2 Å². The van der Waals surface area contributed by atoms with Crippen molar-refractivity contribution >= 4 is 5.97 Å². The summed E-state index contributed by atoms with van der Waals surface area (Å²) in [6.07, 6.45) is 6.06. The summed E-state index contributed by atoms with van der Waals surface area (Å²) in [6.45, 7) is 4.63. The molecule has 0 aromatic heterocycles. The smallest absolute Gasteiger partial charge is 0.323 e. The summed E-state index contributed by atoms with van der Waals surface area (Å²) in [5.41, 5.74) is 0. The average molecular weight is 239 g/mol. The first-order valence-corrected chi connectivity index (χ1v) is 6.94. The molecule has 0 aromatic rings. The first-order chi connectivity index (χ1) is 8.10. The highest BCUT2D eigenvalue weighted by molar-refractivity contribution is 5.76. The molecule has 3 heteroatoms. The van der Waals surface area contributed by atoms with Crippen LogP contribution in [0.25, 0.3) is 0 Å². The minimum Gasteiger partial charge on any atom is -0.468 e. The normalized spacial score (nSPS) is 35.4. The number of esters is 1. The molecule has 17 heavy (non-hydrogen) atoms. The third kappa shape index (κ3) is 3.44. The van der Waals surface area contributed by atoms with Crippen molar-refractivity contribution in [3.05, 3.63) is 0 Å². The Morgan fingerprint density at radius 2 is 1.76 bits per heavy atom. The van der Waals surface area contributed by atoms with E-state index in [0.717, 1.165) is 11.8 Å². The van der Waals surface area contributed by atoms with Crippen molar-refractivity contribution in [1.82, 2.24) is 5.32 Å². The lowest BCUT2D eigenvalue weighted by Gasteiger charge is -2.34. The van der Waals surface area contributed by atoms with Crippen molar-refractivity contribution in [3.8, 4) is 0 Å². The fraction of sp³-hybridized carbons (Fsp3) is 0.929. The van der Waals surface area contributed by atoms with Gasteiger partial charge in [0.15, 0.2) is 0 Å². The van der Waals surface area contributed by atoms with E-state index >= 15 is 0 Å². The van der Waals surface area contributed by atoms with Crippen LogP contribution in [0.4, 0.5) is 0 Å². The number of methoxy groups -OCH3 is 1. The topological polar surface area (TPSA) is 38.3 Å². The van der Waals surface area contributed by atoms with Crippen molar-refractivity contribution in [2.24, 2.45) is 17.8 Å². The summed E-state index contributed by atoms with van der Waals surface area (Å²) in [7, 11) is 1.49. The maximum absolute atomic E-state index is 11.7. The van der Waals surface area contributed by atoms with Crippen LogP contribution in [-0.2, 0) is 9.53 Å². The first kappa shape index (κ1) is 12.9. The summed E-state index contributed by atoms with van der Waals surface area (Å²) in [6, 6.07) is 0.445. The predicted octanol–water partition coefficient (Wildman–Crippen LogP) is 2.35. The molecule has 2 fully saturated rings. The molecule has 0 aliphatic heterocycles. The molecule has 0 amide bonds. The highest BCUT2D eigenvalue weighted by Crippen LogP contribution is 2.35. The van der Waals surface area contributed by atoms with E-state index in [-0.39, 0.29) is 12.0 Å². The minimum absolute atomic E-state index is 0.0532. The predicted molar refractivity (Wildman–Crippen MR) is 67.6 cm³/mol. The minimum atomic E-state index is -0.0709. The van der Waals surface area contributed by atoms with Gasteiger partial charge < -0.3 is 10.1 Å². The first-order valence-electron chi connectivity index (χ1n) is 6.94. The molecule has 3 nitrogen and oxygen atoms in total. The van der Waals surface area contributed by atoms with Gasteiger partial charge in [0, 0.05) is 6.04 Å². The van der Waals surface area contributed by atoms with E-state index in [1.54, 1.807) is 0 Å². The van der Waals surface area contributed by atoms with Gasteiger partial charge in [-0.3, -0.25) is 4.79 Å². The van der Waals surface area contributed by atoms with E-state index < -0.39 is 0 Å². The molecule has 98 valence electrons. The van der Waals surface area contributed by atoms with Crippen LogP contribution in [0.5, 0.6) is 0 Å². The van der Waals surface area contributed by atoms with Crippen molar-refractivity contribution in [2.45, 2.75) is 58.0 Å². The van der Waals surface area contributed by atoms with Gasteiger partial charge in [0.2, 0.25) is 0 Å². The number of carbonyl (C=O) groups is 1. The van der Waals surface area contributed by atoms with Gasteiger partial charge in [-0.15, -0.1) is 0 Å². The fourth-order valence-corrected chi connectivity index (χ4v) is 3.29. The highest BCUT2D eigenvalue weighted by Gasteiger charge is 2.39. The standard InChI is InChI=1S/C14H25NO2/c1-9-6-10(2)8-12(7-9)15-13(11-4-5-11)14(16)17-3/h9-13,15H,4-8H2,1-3H3. The molecule has 0 saturated heterocycles. The SMILES string of the molecule is COC(=O)C(NC1CC(C)CC(C)C1)C1CC1. The van der Waals surface area contributed by atoms with Crippen LogP contribution in [0.15, 0.2) is 0 Å². The van der Waals surface area contributed by atoms with Crippen molar-refractivity contribution in [2.75, 3.05) is 7.11 Å². The number of hydrogen-bond acceptors (Lipinski definition) is 3. The average Bonchev–Trinajstić information content (AvgIpc) is 3.07. The van der Waals surface area contributed by atoms with Crippen molar-refractivity contribution in [1.29, 1.82) is 0 Å². The second-order valence-electron chi connectivity index (χ2n) is 6.12. The number of carbonyl (C=O) groups excluding carboxylic acids is 1. The lowest BCUT2D eigenvalue weighted by molar-refractivity contribution is -0.144. The molecule has 2 aliphatic carbocycles. The molecule has 0 spiro atoms. The third-order valence-corrected chi connectivity index (χ3v) is 4.14. The van der Waals surface area contributed by atoms with E-state index in [1.807, 2.05) is 0 Å². The molecule has 2 aliphatic rings. The molecular weight excluding hydrogens is 214 g/mol. The quantitative estimate of drug-likeness (QED) is 0.765. The fourth-order valence-electron chi connectivity index (χ4n) is 3.29. The van der Waals surface area contributed by atoms with Gasteiger partial charge in [-0.1, -0.05) is 13.8 Å². The summed E-state index contributed by atoms with van der Waals surface area (Å²) in [4.78, 5) is 11.7. The monoisotopic (exact) mass is 239 g/mol. The van der Waals surface area contributed by atoms with Gasteiger partial charge in [-0.2, -0.15) is 0 Å². The maximum Gasteiger partial charge on any atom is 0.323 e. The van der Waals surface area contributed by atoms with Crippen LogP contribution in [0.3, 0.4) is 0 Å². The zero-order valence-electron chi connectivity index (χ0n) is 11.2. The molecule has 0 aromatic carbocycles. The number of nitrogens with one attached hydrogen (secondary N) is 1. The van der Waals surface area contributed by atoms with Gasteiger partial charge in [-0.05, 0) is 49.9 Å². The second kappa shape index (κ2) is 5.38. The third-order valence-electron chi connectivity index (χ3n) is 4.14. The van der Waals surface area contributed by atoms with E-state index in [9.17, 15) is 4.79 Å². The van der Waals surface area contributed by atoms with Crippen LogP contribution >= 0.6 is 0 Å². The van der Waals surface area contributed by atoms with Gasteiger partial charge in [0.25, 0.3) is 0 Å². The number of ether oxygens (including phenoxy) is 1. The second-order valence-corrected chi connectivity index (χ2v) is 6.12. The summed E-state index contributed by atoms with van der Waals surface area (Å²) in [5, 5.41) is 3.55. The molecule has 3 atom stereocenters. The summed E-state index contributed by atoms with van der Waals surface area (Å²) >= 11 is 0. The Hall–Kier alpha value is -0.570. The van der Waals surface area contributed by atoms with Gasteiger partial charge in [-0.25, -0.2) is 0 Å². The Morgan fingerprint density at radius 1 is 1.18 bits per heavy atom. The molecule has 0 radical (unpaired) electrons. The molecule has 1 N–H and O–H groups in total. The Labute approximate surface area is 104 Å². The molecule has 2 rings (SSSR count). The Bertz CT molecular complexity index is 265. The van der Waals surface area contributed by atoms with Crippen LogP contribution in [0, 0.1) is 17.8 Å². The zero-order chi connectivity index (χ0) is 12.4. The summed E-state index contributed by atoms with van der Waals surface area (Å²) < 4.78 is 4.91. The van der Waals surface area contributed by atoms with Crippen LogP contribution in [-0.4, -0.2) is 25.2 Å². The summed E-state index contributed by atoms with van der Waals surface area (Å²) in [5.74, 6) is 2.00. The lowest BCUT2D eigenvalue weighted by atomic mass is 9.80. The molecule has 2 saturated carbocycles. The zero-order valence-corrected chi connectivity index (χ0v) is 11.2. The number of rotatable bonds is 4. The number of hydrogen-bond donors (Lipinski definition) is 1. The van der Waals surface area contributed by atoms with E-state index in [0.29, 0.717) is 12.0 Å². The Balaban J connectivity index is 1.90. The molecule has 0 bridgehead atoms. The van der Waals surface area contributed by atoms with Crippen molar-refractivity contribution in [3.63, 3.8) is 0 Å². The highest BCUT2D eigenvalue weighted by atomic mass is 16.5. The van der Waals surface area contributed by atoms with Crippen LogP contribution < -0.4 is 5.32 Å². The largest absolute Gasteiger partial charge is 0.468 e.